The number of piperidine rings is 1. The van der Waals surface area contributed by atoms with E-state index in [1.165, 1.54) is 0 Å². The van der Waals surface area contributed by atoms with Gasteiger partial charge in [-0.3, -0.25) is 4.79 Å². The van der Waals surface area contributed by atoms with Crippen LogP contribution in [0.3, 0.4) is 0 Å². The summed E-state index contributed by atoms with van der Waals surface area (Å²) in [6, 6.07) is 0. The molecule has 1 amide bonds. The molecule has 6 heteroatoms. The van der Waals surface area contributed by atoms with Gasteiger partial charge in [-0.1, -0.05) is 19.0 Å². The minimum atomic E-state index is -0.571. The molecule has 2 atom stereocenters. The molecule has 0 saturated carbocycles. The standard InChI is InChI=1S/C13H25N3O3/c1-9(2)11(12(14)15-19)13(18)16-6-3-4-10(8-16)5-7-17/h9-11,17,19H,3-8H2,1-2H3,(H2,14,15). The van der Waals surface area contributed by atoms with Gasteiger partial charge < -0.3 is 20.9 Å². The third-order valence-electron chi connectivity index (χ3n) is 3.73. The first kappa shape index (κ1) is 15.8. The van der Waals surface area contributed by atoms with Crippen molar-refractivity contribution >= 4 is 11.7 Å². The first-order chi connectivity index (χ1) is 9.01. The number of aliphatic hydroxyl groups is 1. The average molecular weight is 271 g/mol. The van der Waals surface area contributed by atoms with Crippen molar-refractivity contribution in [3.8, 4) is 0 Å². The fraction of sp³-hybridized carbons (Fsp3) is 0.846. The first-order valence-electron chi connectivity index (χ1n) is 6.88. The van der Waals surface area contributed by atoms with E-state index in [-0.39, 0.29) is 24.3 Å². The van der Waals surface area contributed by atoms with E-state index in [4.69, 9.17) is 16.0 Å². The van der Waals surface area contributed by atoms with E-state index in [1.54, 1.807) is 4.90 Å². The number of likely N-dealkylation sites (tertiary alicyclic amines) is 1. The third kappa shape index (κ3) is 4.09. The van der Waals surface area contributed by atoms with Gasteiger partial charge in [-0.2, -0.15) is 0 Å². The van der Waals surface area contributed by atoms with Crippen LogP contribution >= 0.6 is 0 Å². The highest BCUT2D eigenvalue weighted by Gasteiger charge is 2.33. The number of nitrogens with zero attached hydrogens (tertiary/aromatic N) is 2. The Labute approximate surface area is 114 Å². The first-order valence-corrected chi connectivity index (χ1v) is 6.88. The van der Waals surface area contributed by atoms with Gasteiger partial charge in [-0.05, 0) is 31.1 Å². The zero-order chi connectivity index (χ0) is 14.4. The van der Waals surface area contributed by atoms with Crippen LogP contribution in [0.25, 0.3) is 0 Å². The van der Waals surface area contributed by atoms with Crippen LogP contribution in [0, 0.1) is 17.8 Å². The summed E-state index contributed by atoms with van der Waals surface area (Å²) in [5, 5.41) is 20.8. The van der Waals surface area contributed by atoms with E-state index in [2.05, 4.69) is 5.16 Å². The Kier molecular flexibility index (Phi) is 6.08. The summed E-state index contributed by atoms with van der Waals surface area (Å²) in [6.07, 6.45) is 2.71. The molecule has 6 nitrogen and oxygen atoms in total. The molecule has 4 N–H and O–H groups in total. The fourth-order valence-corrected chi connectivity index (χ4v) is 2.70. The smallest absolute Gasteiger partial charge is 0.233 e. The second-order valence-corrected chi connectivity index (χ2v) is 5.55. The number of hydrogen-bond acceptors (Lipinski definition) is 4. The maximum atomic E-state index is 12.5. The van der Waals surface area contributed by atoms with Crippen LogP contribution < -0.4 is 5.73 Å². The Morgan fingerprint density at radius 2 is 2.21 bits per heavy atom. The molecule has 110 valence electrons. The van der Waals surface area contributed by atoms with E-state index in [0.29, 0.717) is 19.0 Å². The molecule has 0 bridgehead atoms. The molecule has 1 heterocycles. The Bertz CT molecular complexity index is 329. The summed E-state index contributed by atoms with van der Waals surface area (Å²) >= 11 is 0. The molecule has 1 fully saturated rings. The normalized spacial score (nSPS) is 22.6. The largest absolute Gasteiger partial charge is 0.409 e. The van der Waals surface area contributed by atoms with E-state index >= 15 is 0 Å². The zero-order valence-electron chi connectivity index (χ0n) is 11.7. The predicted molar refractivity (Wildman–Crippen MR) is 72.7 cm³/mol. The predicted octanol–water partition coefficient (Wildman–Crippen LogP) is 0.626. The van der Waals surface area contributed by atoms with Crippen molar-refractivity contribution in [2.24, 2.45) is 28.6 Å². The maximum absolute atomic E-state index is 12.5. The Balaban J connectivity index is 2.74. The van der Waals surface area contributed by atoms with Gasteiger partial charge in [-0.25, -0.2) is 0 Å². The van der Waals surface area contributed by atoms with E-state index in [9.17, 15) is 4.79 Å². The number of carbonyl (C=O) groups is 1. The van der Waals surface area contributed by atoms with Gasteiger partial charge in [0.25, 0.3) is 0 Å². The molecule has 0 aromatic carbocycles. The molecule has 0 aromatic heterocycles. The van der Waals surface area contributed by atoms with Crippen molar-refractivity contribution in [2.75, 3.05) is 19.7 Å². The minimum absolute atomic E-state index is 0.0124. The highest BCUT2D eigenvalue weighted by Crippen LogP contribution is 2.23. The van der Waals surface area contributed by atoms with Crippen molar-refractivity contribution in [1.82, 2.24) is 4.90 Å². The van der Waals surface area contributed by atoms with Crippen molar-refractivity contribution in [2.45, 2.75) is 33.1 Å². The van der Waals surface area contributed by atoms with Gasteiger partial charge in [0.05, 0.1) is 0 Å². The van der Waals surface area contributed by atoms with Crippen molar-refractivity contribution in [3.63, 3.8) is 0 Å². The number of nitrogens with two attached hydrogens (primary N) is 1. The van der Waals surface area contributed by atoms with Gasteiger partial charge >= 0.3 is 0 Å². The Hall–Kier alpha value is -1.30. The van der Waals surface area contributed by atoms with Crippen LogP contribution in [0.4, 0.5) is 0 Å². The van der Waals surface area contributed by atoms with Gasteiger partial charge in [0.2, 0.25) is 5.91 Å². The van der Waals surface area contributed by atoms with Crippen LogP contribution in [0.1, 0.15) is 33.1 Å². The highest BCUT2D eigenvalue weighted by molar-refractivity contribution is 6.02. The lowest BCUT2D eigenvalue weighted by atomic mass is 9.90. The molecule has 0 aromatic rings. The topological polar surface area (TPSA) is 99.2 Å². The SMILES string of the molecule is CC(C)C(C(=O)N1CCCC(CCO)C1)C(N)=NO. The van der Waals surface area contributed by atoms with E-state index < -0.39 is 5.92 Å². The molecule has 0 spiro atoms. The summed E-state index contributed by atoms with van der Waals surface area (Å²) in [4.78, 5) is 14.3. The summed E-state index contributed by atoms with van der Waals surface area (Å²) in [7, 11) is 0. The third-order valence-corrected chi connectivity index (χ3v) is 3.73. The lowest BCUT2D eigenvalue weighted by molar-refractivity contribution is -0.136. The molecule has 19 heavy (non-hydrogen) atoms. The summed E-state index contributed by atoms with van der Waals surface area (Å²) in [6.45, 7) is 5.29. The number of carbonyl (C=O) groups excluding carboxylic acids is 1. The zero-order valence-corrected chi connectivity index (χ0v) is 11.7. The number of hydrogen-bond donors (Lipinski definition) is 3. The Morgan fingerprint density at radius 1 is 1.53 bits per heavy atom. The van der Waals surface area contributed by atoms with Gasteiger partial charge in [0, 0.05) is 19.7 Å². The van der Waals surface area contributed by atoms with Gasteiger partial charge in [-0.15, -0.1) is 0 Å². The monoisotopic (exact) mass is 271 g/mol. The van der Waals surface area contributed by atoms with Crippen LogP contribution in [0.15, 0.2) is 5.16 Å². The van der Waals surface area contributed by atoms with E-state index in [1.807, 2.05) is 13.8 Å². The number of rotatable bonds is 5. The van der Waals surface area contributed by atoms with Crippen LogP contribution in [-0.2, 0) is 4.79 Å². The number of aliphatic hydroxyl groups excluding tert-OH is 1. The quantitative estimate of drug-likeness (QED) is 0.295. The molecule has 1 saturated heterocycles. The van der Waals surface area contributed by atoms with E-state index in [0.717, 1.165) is 19.3 Å². The van der Waals surface area contributed by atoms with Crippen molar-refractivity contribution < 1.29 is 15.1 Å². The molecule has 0 aliphatic carbocycles. The van der Waals surface area contributed by atoms with Crippen molar-refractivity contribution in [1.29, 1.82) is 0 Å². The fourth-order valence-electron chi connectivity index (χ4n) is 2.70. The molecule has 1 aliphatic heterocycles. The summed E-state index contributed by atoms with van der Waals surface area (Å²) < 4.78 is 0. The number of oxime groups is 1. The molecule has 0 radical (unpaired) electrons. The Morgan fingerprint density at radius 3 is 2.74 bits per heavy atom. The molecular weight excluding hydrogens is 246 g/mol. The average Bonchev–Trinajstić information content (AvgIpc) is 2.39. The lowest BCUT2D eigenvalue weighted by Crippen LogP contribution is -2.48. The van der Waals surface area contributed by atoms with Crippen molar-refractivity contribution in [3.05, 3.63) is 0 Å². The highest BCUT2D eigenvalue weighted by atomic mass is 16.4. The molecule has 1 aliphatic rings. The maximum Gasteiger partial charge on any atom is 0.233 e. The lowest BCUT2D eigenvalue weighted by Gasteiger charge is -2.35. The summed E-state index contributed by atoms with van der Waals surface area (Å²) in [5.41, 5.74) is 5.63. The van der Waals surface area contributed by atoms with Crippen LogP contribution in [-0.4, -0.2) is 46.7 Å². The minimum Gasteiger partial charge on any atom is -0.409 e. The second kappa shape index (κ2) is 7.33. The van der Waals surface area contributed by atoms with Gasteiger partial charge in [0.15, 0.2) is 5.84 Å². The molecule has 1 rings (SSSR count). The molecular formula is C13H25N3O3. The van der Waals surface area contributed by atoms with Crippen LogP contribution in [0.2, 0.25) is 0 Å². The second-order valence-electron chi connectivity index (χ2n) is 5.55. The summed E-state index contributed by atoms with van der Waals surface area (Å²) in [5.74, 6) is -0.334. The number of amidine groups is 1. The number of amides is 1. The van der Waals surface area contributed by atoms with Crippen LogP contribution in [0.5, 0.6) is 0 Å². The molecule has 2 unspecified atom stereocenters. The van der Waals surface area contributed by atoms with Gasteiger partial charge in [0.1, 0.15) is 5.92 Å².